The molecule has 2 heterocycles. The predicted molar refractivity (Wildman–Crippen MR) is 68.9 cm³/mol. The Morgan fingerprint density at radius 3 is 2.89 bits per heavy atom. The molecular weight excluding hydrogens is 246 g/mol. The van der Waals surface area contributed by atoms with E-state index in [0.29, 0.717) is 10.8 Å². The van der Waals surface area contributed by atoms with Gasteiger partial charge in [0.1, 0.15) is 12.0 Å². The van der Waals surface area contributed by atoms with Crippen molar-refractivity contribution in [2.45, 2.75) is 0 Å². The van der Waals surface area contributed by atoms with Crippen molar-refractivity contribution in [2.24, 2.45) is 0 Å². The molecular formula is C12H9N5O2. The Morgan fingerprint density at radius 1 is 1.26 bits per heavy atom. The number of nitrogens with zero attached hydrogens (tertiary/aromatic N) is 2. The summed E-state index contributed by atoms with van der Waals surface area (Å²) in [6.45, 7) is 0. The summed E-state index contributed by atoms with van der Waals surface area (Å²) < 4.78 is 0. The molecule has 7 nitrogen and oxygen atoms in total. The van der Waals surface area contributed by atoms with Crippen molar-refractivity contribution in [3.63, 3.8) is 0 Å². The van der Waals surface area contributed by atoms with E-state index < -0.39 is 5.91 Å². The summed E-state index contributed by atoms with van der Waals surface area (Å²) in [6, 6.07) is 8.66. The minimum absolute atomic E-state index is 0.167. The summed E-state index contributed by atoms with van der Waals surface area (Å²) >= 11 is 0. The van der Waals surface area contributed by atoms with Gasteiger partial charge in [-0.1, -0.05) is 18.2 Å². The summed E-state index contributed by atoms with van der Waals surface area (Å²) in [5.74, 6) is -0.237. The maximum atomic E-state index is 11.9. The van der Waals surface area contributed by atoms with Crippen molar-refractivity contribution < 1.29 is 4.79 Å². The molecule has 0 radical (unpaired) electrons. The topological polar surface area (TPSA) is 104 Å². The van der Waals surface area contributed by atoms with E-state index in [4.69, 9.17) is 0 Å². The third kappa shape index (κ3) is 2.08. The van der Waals surface area contributed by atoms with Gasteiger partial charge in [-0.2, -0.15) is 10.1 Å². The lowest BCUT2D eigenvalue weighted by Gasteiger charge is -2.03. The van der Waals surface area contributed by atoms with Crippen LogP contribution < -0.4 is 10.9 Å². The molecule has 1 aromatic carbocycles. The standard InChI is InChI=1S/C12H9N5O2/c18-10-8-4-2-1-3-7(8)5-9(15-10)11(19)16-12-13-6-14-17-12/h1-6H,(H,15,18)(H2,13,14,16,17,19). The quantitative estimate of drug-likeness (QED) is 0.632. The molecule has 0 aliphatic rings. The first-order chi connectivity index (χ1) is 9.24. The third-order valence-corrected chi connectivity index (χ3v) is 2.65. The molecule has 1 amide bonds. The highest BCUT2D eigenvalue weighted by atomic mass is 16.2. The Labute approximate surface area is 106 Å². The maximum Gasteiger partial charge on any atom is 0.274 e. The van der Waals surface area contributed by atoms with Gasteiger partial charge in [-0.05, 0) is 17.5 Å². The molecule has 0 aliphatic carbocycles. The van der Waals surface area contributed by atoms with Gasteiger partial charge >= 0.3 is 0 Å². The Hall–Kier alpha value is -2.96. The lowest BCUT2D eigenvalue weighted by Crippen LogP contribution is -2.19. The average molecular weight is 255 g/mol. The smallest absolute Gasteiger partial charge is 0.274 e. The van der Waals surface area contributed by atoms with Crippen LogP contribution in [0.4, 0.5) is 5.95 Å². The molecule has 0 aliphatic heterocycles. The minimum Gasteiger partial charge on any atom is -0.317 e. The monoisotopic (exact) mass is 255 g/mol. The van der Waals surface area contributed by atoms with Gasteiger partial charge in [-0.3, -0.25) is 14.9 Å². The van der Waals surface area contributed by atoms with Crippen molar-refractivity contribution in [2.75, 3.05) is 5.32 Å². The highest BCUT2D eigenvalue weighted by Gasteiger charge is 2.10. The number of fused-ring (bicyclic) bond motifs is 1. The van der Waals surface area contributed by atoms with Crippen LogP contribution in [0.1, 0.15) is 10.5 Å². The number of nitrogens with one attached hydrogen (secondary N) is 3. The van der Waals surface area contributed by atoms with Gasteiger partial charge < -0.3 is 4.98 Å². The molecule has 2 aromatic heterocycles. The molecule has 3 rings (SSSR count). The number of pyridine rings is 1. The number of rotatable bonds is 2. The fourth-order valence-electron chi connectivity index (χ4n) is 1.77. The summed E-state index contributed by atoms with van der Waals surface area (Å²) in [5.41, 5.74) is -0.138. The molecule has 94 valence electrons. The lowest BCUT2D eigenvalue weighted by molar-refractivity contribution is 0.102. The summed E-state index contributed by atoms with van der Waals surface area (Å²) in [5, 5.41) is 9.85. The van der Waals surface area contributed by atoms with E-state index >= 15 is 0 Å². The minimum atomic E-state index is -0.459. The molecule has 19 heavy (non-hydrogen) atoms. The van der Waals surface area contributed by atoms with Crippen LogP contribution in [-0.2, 0) is 0 Å². The van der Waals surface area contributed by atoms with Gasteiger partial charge in [0.2, 0.25) is 5.95 Å². The normalized spacial score (nSPS) is 10.5. The molecule has 7 heteroatoms. The van der Waals surface area contributed by atoms with Crippen LogP contribution in [0, 0.1) is 0 Å². The number of amides is 1. The highest BCUT2D eigenvalue weighted by Crippen LogP contribution is 2.10. The van der Waals surface area contributed by atoms with Crippen molar-refractivity contribution in [3.8, 4) is 0 Å². The van der Waals surface area contributed by atoms with E-state index in [-0.39, 0.29) is 17.2 Å². The van der Waals surface area contributed by atoms with E-state index in [2.05, 4.69) is 25.5 Å². The van der Waals surface area contributed by atoms with Crippen LogP contribution in [0.25, 0.3) is 10.8 Å². The lowest BCUT2D eigenvalue weighted by atomic mass is 10.1. The van der Waals surface area contributed by atoms with Crippen molar-refractivity contribution >= 4 is 22.6 Å². The largest absolute Gasteiger partial charge is 0.317 e. The second kappa shape index (κ2) is 4.37. The van der Waals surface area contributed by atoms with Gasteiger partial charge in [0.25, 0.3) is 11.5 Å². The Morgan fingerprint density at radius 2 is 2.11 bits per heavy atom. The number of carbonyl (C=O) groups is 1. The van der Waals surface area contributed by atoms with Crippen LogP contribution in [0.15, 0.2) is 41.5 Å². The second-order valence-electron chi connectivity index (χ2n) is 3.89. The highest BCUT2D eigenvalue weighted by molar-refractivity contribution is 6.03. The van der Waals surface area contributed by atoms with Gasteiger partial charge in [-0.15, -0.1) is 0 Å². The Balaban J connectivity index is 2.01. The van der Waals surface area contributed by atoms with E-state index in [1.807, 2.05) is 0 Å². The first-order valence-corrected chi connectivity index (χ1v) is 5.53. The number of H-pyrrole nitrogens is 2. The van der Waals surface area contributed by atoms with Gasteiger partial charge in [0.05, 0.1) is 0 Å². The zero-order valence-electron chi connectivity index (χ0n) is 9.68. The van der Waals surface area contributed by atoms with Crippen LogP contribution in [0.5, 0.6) is 0 Å². The van der Waals surface area contributed by atoms with E-state index in [0.717, 1.165) is 0 Å². The van der Waals surface area contributed by atoms with Gasteiger partial charge in [-0.25, -0.2) is 5.10 Å². The SMILES string of the molecule is O=C(Nc1ncn[nH]1)c1cc2ccccc2c(=O)[nH]1. The third-order valence-electron chi connectivity index (χ3n) is 2.65. The average Bonchev–Trinajstić information content (AvgIpc) is 2.91. The number of carbonyl (C=O) groups excluding carboxylic acids is 1. The van der Waals surface area contributed by atoms with Gasteiger partial charge in [0, 0.05) is 5.39 Å². The van der Waals surface area contributed by atoms with Crippen LogP contribution in [-0.4, -0.2) is 26.1 Å². The second-order valence-corrected chi connectivity index (χ2v) is 3.89. The number of benzene rings is 1. The molecule has 0 atom stereocenters. The van der Waals surface area contributed by atoms with Crippen molar-refractivity contribution in [1.29, 1.82) is 0 Å². The molecule has 0 spiro atoms. The maximum absolute atomic E-state index is 11.9. The van der Waals surface area contributed by atoms with Gasteiger partial charge in [0.15, 0.2) is 0 Å². The number of anilines is 1. The van der Waals surface area contributed by atoms with Crippen molar-refractivity contribution in [3.05, 3.63) is 52.7 Å². The summed E-state index contributed by atoms with van der Waals surface area (Å²) in [6.07, 6.45) is 1.28. The number of aromatic nitrogens is 4. The number of hydrogen-bond acceptors (Lipinski definition) is 4. The molecule has 3 N–H and O–H groups in total. The van der Waals surface area contributed by atoms with Crippen molar-refractivity contribution in [1.82, 2.24) is 20.2 Å². The van der Waals surface area contributed by atoms with E-state index in [1.165, 1.54) is 6.33 Å². The molecule has 0 bridgehead atoms. The van der Waals surface area contributed by atoms with Crippen LogP contribution in [0.3, 0.4) is 0 Å². The fourth-order valence-corrected chi connectivity index (χ4v) is 1.77. The number of aromatic amines is 2. The zero-order chi connectivity index (χ0) is 13.2. The van der Waals surface area contributed by atoms with Crippen LogP contribution in [0.2, 0.25) is 0 Å². The fraction of sp³-hybridized carbons (Fsp3) is 0. The summed E-state index contributed by atoms with van der Waals surface area (Å²) in [4.78, 5) is 30.1. The Bertz CT molecular complexity index is 791. The molecule has 3 aromatic rings. The zero-order valence-corrected chi connectivity index (χ0v) is 9.68. The molecule has 0 unspecified atom stereocenters. The number of hydrogen-bond donors (Lipinski definition) is 3. The molecule has 0 saturated heterocycles. The Kier molecular flexibility index (Phi) is 2.57. The van der Waals surface area contributed by atoms with Crippen LogP contribution >= 0.6 is 0 Å². The molecule has 0 fully saturated rings. The molecule has 0 saturated carbocycles. The predicted octanol–water partition coefficient (Wildman–Crippen LogP) is 0.898. The first kappa shape index (κ1) is 11.1. The summed E-state index contributed by atoms with van der Waals surface area (Å²) in [7, 11) is 0. The first-order valence-electron chi connectivity index (χ1n) is 5.53. The van der Waals surface area contributed by atoms with E-state index in [1.54, 1.807) is 30.3 Å². The van der Waals surface area contributed by atoms with E-state index in [9.17, 15) is 9.59 Å².